The molecule has 0 spiro atoms. The van der Waals surface area contributed by atoms with Crippen LogP contribution in [0.1, 0.15) is 47.2 Å². The summed E-state index contributed by atoms with van der Waals surface area (Å²) in [5, 5.41) is 0. The van der Waals surface area contributed by atoms with Crippen LogP contribution in [-0.4, -0.2) is 0 Å². The van der Waals surface area contributed by atoms with E-state index in [1.54, 1.807) is 115 Å². The Hall–Kier alpha value is -7.51. The summed E-state index contributed by atoms with van der Waals surface area (Å²) in [7, 11) is -11.4. The van der Waals surface area contributed by atoms with Gasteiger partial charge in [0.1, 0.15) is 17.2 Å². The topological polar surface area (TPSA) is 151 Å². The van der Waals surface area contributed by atoms with E-state index in [0.717, 1.165) is 33.4 Å². The van der Waals surface area contributed by atoms with Crippen molar-refractivity contribution in [2.75, 3.05) is 0 Å². The molecule has 13 nitrogen and oxygen atoms in total. The number of para-hydroxylation sites is 5. The summed E-state index contributed by atoms with van der Waals surface area (Å²) < 4.78 is 100. The average Bonchev–Trinajstić information content (AvgIpc) is 3.35. The van der Waals surface area contributed by atoms with Crippen LogP contribution in [0, 0.1) is 27.7 Å². The van der Waals surface area contributed by atoms with E-state index in [2.05, 4.69) is 13.8 Å². The lowest BCUT2D eigenvalue weighted by atomic mass is 9.78. The van der Waals surface area contributed by atoms with E-state index in [-0.39, 0.29) is 11.5 Å². The predicted octanol–water partition coefficient (Wildman–Crippen LogP) is 16.9. The SMILES string of the molecule is CC(C)(c1ccc(O[P+](=O)Oc2ccccc2)cc1)c1ccc(OP(=O)(Oc2ccccc2)Oc2ccccc2)cc1.Cc1cccc(C)c1O[P+](=O)Oc1cccc(O[P+](=O)Oc2c(C)cccc2C)c1. The summed E-state index contributed by atoms with van der Waals surface area (Å²) in [5.41, 5.74) is 5.04. The molecule has 8 rings (SSSR count). The molecule has 8 aromatic rings. The molecule has 0 aliphatic carbocycles. The molecule has 3 unspecified atom stereocenters. The molecule has 0 aliphatic rings. The summed E-state index contributed by atoms with van der Waals surface area (Å²) in [4.78, 5) is 0. The number of hydrogen-bond donors (Lipinski definition) is 0. The molecule has 8 aromatic carbocycles. The largest absolute Gasteiger partial charge is 0.805 e. The van der Waals surface area contributed by atoms with Crippen LogP contribution in [0.5, 0.6) is 51.7 Å². The van der Waals surface area contributed by atoms with Gasteiger partial charge in [-0.25, -0.2) is 27.1 Å². The number of phosphoric ester groups is 1. The highest BCUT2D eigenvalue weighted by Gasteiger charge is 2.34. The second-order valence-corrected chi connectivity index (χ2v) is 20.3. The first-order chi connectivity index (χ1) is 34.6. The van der Waals surface area contributed by atoms with Crippen molar-refractivity contribution in [1.29, 1.82) is 0 Å². The van der Waals surface area contributed by atoms with E-state index in [9.17, 15) is 18.3 Å². The van der Waals surface area contributed by atoms with Gasteiger partial charge in [-0.05, 0) is 134 Å². The Bertz CT molecular complexity index is 2990. The Labute approximate surface area is 422 Å². The van der Waals surface area contributed by atoms with Crippen LogP contribution in [0.15, 0.2) is 200 Å². The second-order valence-electron chi connectivity index (χ2n) is 16.5. The molecular weight excluding hydrogens is 992 g/mol. The van der Waals surface area contributed by atoms with Crippen LogP contribution in [0.2, 0.25) is 0 Å². The number of benzene rings is 8. The highest BCUT2D eigenvalue weighted by atomic mass is 31.2. The first-order valence-electron chi connectivity index (χ1n) is 22.4. The Morgan fingerprint density at radius 3 is 1.00 bits per heavy atom. The third-order valence-corrected chi connectivity index (χ3v) is 14.1. The average molecular weight is 1040 g/mol. The van der Waals surface area contributed by atoms with E-state index in [1.165, 1.54) is 6.07 Å². The van der Waals surface area contributed by atoms with Crippen molar-refractivity contribution < 1.29 is 59.0 Å². The van der Waals surface area contributed by atoms with Crippen molar-refractivity contribution in [3.63, 3.8) is 0 Å². The van der Waals surface area contributed by atoms with Crippen LogP contribution in [0.25, 0.3) is 0 Å². The zero-order valence-corrected chi connectivity index (χ0v) is 43.7. The molecule has 0 aromatic heterocycles. The van der Waals surface area contributed by atoms with Gasteiger partial charge in [0.2, 0.25) is 0 Å². The normalized spacial score (nSPS) is 11.6. The number of rotatable bonds is 20. The summed E-state index contributed by atoms with van der Waals surface area (Å²) >= 11 is 0. The summed E-state index contributed by atoms with van der Waals surface area (Å²) in [6, 6.07) is 58.6. The first-order valence-corrected chi connectivity index (χ1v) is 27.1. The summed E-state index contributed by atoms with van der Waals surface area (Å²) in [6.45, 7) is 11.6. The highest BCUT2D eigenvalue weighted by Crippen LogP contribution is 2.50. The van der Waals surface area contributed by atoms with Crippen molar-refractivity contribution in [3.05, 3.63) is 234 Å². The van der Waals surface area contributed by atoms with Crippen LogP contribution in [0.3, 0.4) is 0 Å². The fourth-order valence-electron chi connectivity index (χ4n) is 6.94. The van der Waals surface area contributed by atoms with Crippen molar-refractivity contribution in [2.24, 2.45) is 0 Å². The summed E-state index contributed by atoms with van der Waals surface area (Å²) in [5.74, 6) is 3.52. The van der Waals surface area contributed by atoms with Gasteiger partial charge in [-0.2, -0.15) is 4.57 Å². The molecule has 0 bridgehead atoms. The Morgan fingerprint density at radius 2 is 0.611 bits per heavy atom. The molecule has 0 saturated carbocycles. The van der Waals surface area contributed by atoms with Gasteiger partial charge < -0.3 is 13.6 Å². The monoisotopic (exact) mass is 1040 g/mol. The maximum absolute atomic E-state index is 13.7. The Kier molecular flexibility index (Phi) is 17.8. The molecule has 366 valence electrons. The van der Waals surface area contributed by atoms with Crippen molar-refractivity contribution in [2.45, 2.75) is 47.0 Å². The van der Waals surface area contributed by atoms with Crippen LogP contribution in [-0.2, 0) is 23.7 Å². The zero-order valence-electron chi connectivity index (χ0n) is 40.1. The molecule has 0 fully saturated rings. The lowest BCUT2D eigenvalue weighted by Gasteiger charge is -2.26. The maximum Gasteiger partial charge on any atom is 0.805 e. The minimum Gasteiger partial charge on any atom is -0.386 e. The maximum atomic E-state index is 13.7. The first kappa shape index (κ1) is 52.3. The van der Waals surface area contributed by atoms with Gasteiger partial charge in [0, 0.05) is 25.2 Å². The van der Waals surface area contributed by atoms with Crippen molar-refractivity contribution >= 4 is 32.6 Å². The van der Waals surface area contributed by atoms with E-state index in [4.69, 9.17) is 40.7 Å². The minimum atomic E-state index is -4.09. The molecule has 0 aliphatic heterocycles. The zero-order chi connectivity index (χ0) is 51.1. The minimum absolute atomic E-state index is 0.260. The second kappa shape index (κ2) is 24.6. The van der Waals surface area contributed by atoms with Crippen molar-refractivity contribution in [3.8, 4) is 51.7 Å². The Morgan fingerprint density at radius 1 is 0.333 bits per heavy atom. The highest BCUT2D eigenvalue weighted by molar-refractivity contribution is 7.49. The Balaban J connectivity index is 0.000000224. The number of aryl methyl sites for hydroxylation is 4. The van der Waals surface area contributed by atoms with Gasteiger partial charge >= 0.3 is 32.6 Å². The van der Waals surface area contributed by atoms with Gasteiger partial charge in [-0.1, -0.05) is 135 Å². The van der Waals surface area contributed by atoms with E-state index < -0.39 is 38.0 Å². The van der Waals surface area contributed by atoms with Crippen LogP contribution >= 0.6 is 32.6 Å². The van der Waals surface area contributed by atoms with Gasteiger partial charge in [0.25, 0.3) is 0 Å². The van der Waals surface area contributed by atoms with E-state index >= 15 is 0 Å². The smallest absolute Gasteiger partial charge is 0.386 e. The number of phosphoric acid groups is 1. The van der Waals surface area contributed by atoms with Gasteiger partial charge in [0.15, 0.2) is 34.5 Å². The molecule has 0 saturated heterocycles. The summed E-state index contributed by atoms with van der Waals surface area (Å²) in [6.07, 6.45) is 0. The fourth-order valence-corrected chi connectivity index (χ4v) is 10.3. The molecule has 0 heterocycles. The number of hydrogen-bond acceptors (Lipinski definition) is 13. The molecule has 3 atom stereocenters. The molecule has 0 radical (unpaired) electrons. The molecule has 72 heavy (non-hydrogen) atoms. The van der Waals surface area contributed by atoms with E-state index in [1.807, 2.05) is 107 Å². The third kappa shape index (κ3) is 15.0. The third-order valence-electron chi connectivity index (χ3n) is 10.7. The van der Waals surface area contributed by atoms with E-state index in [0.29, 0.717) is 40.2 Å². The predicted molar refractivity (Wildman–Crippen MR) is 279 cm³/mol. The lowest BCUT2D eigenvalue weighted by molar-refractivity contribution is 0.298. The van der Waals surface area contributed by atoms with Gasteiger partial charge in [-0.3, -0.25) is 0 Å². The van der Waals surface area contributed by atoms with Crippen molar-refractivity contribution in [1.82, 2.24) is 0 Å². The van der Waals surface area contributed by atoms with Crippen LogP contribution < -0.4 is 40.7 Å². The molecule has 0 N–H and O–H groups in total. The standard InChI is InChI=1S/C33H29O7P2.C22H22O6P2/c1-33(2,26-18-22-29(23-19-26)37-41(34)36-28-12-6-3-7-13-28)27-20-24-32(25-21-27)40-42(35,38-30-14-8-4-9-15-30)39-31-16-10-5-11-17-31;1-15-8-5-9-16(2)21(15)27-29(23)25-19-12-7-13-20(14-19)26-30(24)28-22-17(3)10-6-11-18(22)4/h3-25H,1-2H3;5-14H,1-4H3/q+1;+2. The molecule has 17 heteroatoms. The van der Waals surface area contributed by atoms with Crippen LogP contribution in [0.4, 0.5) is 0 Å². The lowest BCUT2D eigenvalue weighted by Crippen LogP contribution is -2.18. The van der Waals surface area contributed by atoms with Gasteiger partial charge in [0.05, 0.1) is 0 Å². The quantitative estimate of drug-likeness (QED) is 0.0667. The fraction of sp³-hybridized carbons (Fsp3) is 0.127. The van der Waals surface area contributed by atoms with Gasteiger partial charge in [-0.15, -0.1) is 0 Å². The molecule has 0 amide bonds. The molecular formula is C55H51O13P4+3.